The lowest BCUT2D eigenvalue weighted by Crippen LogP contribution is -2.29. The molecule has 0 bridgehead atoms. The van der Waals surface area contributed by atoms with Crippen molar-refractivity contribution in [3.63, 3.8) is 0 Å². The molecule has 8 heteroatoms. The van der Waals surface area contributed by atoms with Crippen LogP contribution in [0.25, 0.3) is 5.76 Å². The topological polar surface area (TPSA) is 76.1 Å². The van der Waals surface area contributed by atoms with E-state index in [0.717, 1.165) is 11.6 Å². The van der Waals surface area contributed by atoms with E-state index in [0.29, 0.717) is 17.0 Å². The zero-order valence-electron chi connectivity index (χ0n) is 18.6. The predicted molar refractivity (Wildman–Crippen MR) is 127 cm³/mol. The highest BCUT2D eigenvalue weighted by Gasteiger charge is 2.47. The lowest BCUT2D eigenvalue weighted by atomic mass is 9.94. The normalized spacial score (nSPS) is 17.2. The number of aliphatic hydroxyl groups excluding tert-OH is 1. The van der Waals surface area contributed by atoms with Crippen molar-refractivity contribution in [1.82, 2.24) is 0 Å². The number of halogens is 2. The second-order valence-corrected chi connectivity index (χ2v) is 8.15. The van der Waals surface area contributed by atoms with Crippen LogP contribution in [0.15, 0.2) is 66.2 Å². The molecule has 1 aliphatic rings. The third-order valence-electron chi connectivity index (χ3n) is 5.63. The Hall–Kier alpha value is -3.84. The molecule has 3 aromatic carbocycles. The van der Waals surface area contributed by atoms with Crippen LogP contribution in [0.1, 0.15) is 22.7 Å². The number of carbonyl (C=O) groups is 2. The number of hydrogen-bond donors (Lipinski definition) is 1. The third kappa shape index (κ3) is 3.99. The Balaban J connectivity index is 1.99. The average Bonchev–Trinajstić information content (AvgIpc) is 3.09. The first-order chi connectivity index (χ1) is 16.3. The summed E-state index contributed by atoms with van der Waals surface area (Å²) in [5, 5.41) is 11.5. The Morgan fingerprint density at radius 3 is 2.35 bits per heavy atom. The molecule has 0 saturated carbocycles. The number of ether oxygens (including phenoxy) is 2. The molecule has 0 aliphatic carbocycles. The SMILES string of the molecule is COc1ccc(N2C(=O)C(=O)/C(=C(/O)c3cc(F)ccc3OC)C2c2cccc(C)c2)cc1Cl. The number of nitrogens with zero attached hydrogens (tertiary/aromatic N) is 1. The predicted octanol–water partition coefficient (Wildman–Crippen LogP) is 5.43. The van der Waals surface area contributed by atoms with Gasteiger partial charge < -0.3 is 14.6 Å². The Morgan fingerprint density at radius 2 is 1.71 bits per heavy atom. The molecule has 3 aromatic rings. The van der Waals surface area contributed by atoms with Crippen LogP contribution >= 0.6 is 11.6 Å². The van der Waals surface area contributed by atoms with E-state index in [4.69, 9.17) is 21.1 Å². The van der Waals surface area contributed by atoms with Crippen molar-refractivity contribution < 1.29 is 28.6 Å². The summed E-state index contributed by atoms with van der Waals surface area (Å²) in [4.78, 5) is 27.8. The van der Waals surface area contributed by atoms with E-state index in [1.54, 1.807) is 24.3 Å². The van der Waals surface area contributed by atoms with Crippen LogP contribution in [0.5, 0.6) is 11.5 Å². The van der Waals surface area contributed by atoms with E-state index in [1.165, 1.54) is 37.3 Å². The summed E-state index contributed by atoms with van der Waals surface area (Å²) < 4.78 is 24.5. The van der Waals surface area contributed by atoms with Crippen molar-refractivity contribution in [3.8, 4) is 11.5 Å². The quantitative estimate of drug-likeness (QED) is 0.299. The van der Waals surface area contributed by atoms with E-state index < -0.39 is 29.3 Å². The first-order valence-corrected chi connectivity index (χ1v) is 10.7. The van der Waals surface area contributed by atoms with Crippen molar-refractivity contribution in [1.29, 1.82) is 0 Å². The molecule has 0 spiro atoms. The second kappa shape index (κ2) is 9.19. The number of amides is 1. The standard InChI is InChI=1S/C26H21ClFNO5/c1-14-5-4-6-15(11-14)23-22(24(30)18-12-16(28)7-9-20(18)33-2)25(31)26(32)29(23)17-8-10-21(34-3)19(27)13-17/h4-13,23,30H,1-3H3/b24-22+. The van der Waals surface area contributed by atoms with Gasteiger partial charge in [-0.05, 0) is 48.9 Å². The zero-order chi connectivity index (χ0) is 24.6. The van der Waals surface area contributed by atoms with Gasteiger partial charge in [0.25, 0.3) is 11.7 Å². The highest BCUT2D eigenvalue weighted by molar-refractivity contribution is 6.52. The second-order valence-electron chi connectivity index (χ2n) is 7.75. The number of aliphatic hydroxyl groups is 1. The van der Waals surface area contributed by atoms with E-state index >= 15 is 0 Å². The summed E-state index contributed by atoms with van der Waals surface area (Å²) in [5.41, 5.74) is 1.59. The molecule has 1 aliphatic heterocycles. The molecule has 0 radical (unpaired) electrons. The fourth-order valence-corrected chi connectivity index (χ4v) is 4.32. The number of rotatable bonds is 5. The monoisotopic (exact) mass is 481 g/mol. The van der Waals surface area contributed by atoms with Crippen molar-refractivity contribution >= 4 is 34.7 Å². The molecule has 1 fully saturated rings. The van der Waals surface area contributed by atoms with Gasteiger partial charge in [-0.15, -0.1) is 0 Å². The Bertz CT molecular complexity index is 1340. The van der Waals surface area contributed by atoms with Crippen LogP contribution in [0.4, 0.5) is 10.1 Å². The summed E-state index contributed by atoms with van der Waals surface area (Å²) >= 11 is 6.30. The summed E-state index contributed by atoms with van der Waals surface area (Å²) in [7, 11) is 2.83. The van der Waals surface area contributed by atoms with Gasteiger partial charge in [0.05, 0.1) is 36.4 Å². The van der Waals surface area contributed by atoms with Crippen molar-refractivity contribution in [3.05, 3.63) is 93.8 Å². The van der Waals surface area contributed by atoms with Crippen LogP contribution in [-0.4, -0.2) is 31.0 Å². The lowest BCUT2D eigenvalue weighted by Gasteiger charge is -2.26. The average molecular weight is 482 g/mol. The lowest BCUT2D eigenvalue weighted by molar-refractivity contribution is -0.132. The molecule has 1 unspecified atom stereocenters. The molecule has 4 rings (SSSR count). The van der Waals surface area contributed by atoms with Gasteiger partial charge in [0, 0.05) is 5.69 Å². The largest absolute Gasteiger partial charge is 0.507 e. The van der Waals surface area contributed by atoms with E-state index in [9.17, 15) is 19.1 Å². The first-order valence-electron chi connectivity index (χ1n) is 10.3. The Kier molecular flexibility index (Phi) is 6.30. The molecule has 174 valence electrons. The number of ketones is 1. The fraction of sp³-hybridized carbons (Fsp3) is 0.154. The van der Waals surface area contributed by atoms with Gasteiger partial charge >= 0.3 is 0 Å². The molecule has 34 heavy (non-hydrogen) atoms. The van der Waals surface area contributed by atoms with Crippen LogP contribution < -0.4 is 14.4 Å². The van der Waals surface area contributed by atoms with Gasteiger partial charge in [0.15, 0.2) is 0 Å². The fourth-order valence-electron chi connectivity index (χ4n) is 4.07. The highest BCUT2D eigenvalue weighted by Crippen LogP contribution is 2.44. The number of anilines is 1. The molecule has 1 atom stereocenters. The number of carbonyl (C=O) groups excluding carboxylic acids is 2. The molecule has 1 N–H and O–H groups in total. The maximum Gasteiger partial charge on any atom is 0.300 e. The van der Waals surface area contributed by atoms with Gasteiger partial charge in [-0.2, -0.15) is 0 Å². The molecule has 1 saturated heterocycles. The zero-order valence-corrected chi connectivity index (χ0v) is 19.4. The summed E-state index contributed by atoms with van der Waals surface area (Å²) in [5.74, 6) is -2.39. The van der Waals surface area contributed by atoms with E-state index in [-0.39, 0.29) is 21.9 Å². The van der Waals surface area contributed by atoms with Crippen LogP contribution in [0, 0.1) is 12.7 Å². The van der Waals surface area contributed by atoms with Crippen molar-refractivity contribution in [2.24, 2.45) is 0 Å². The summed E-state index contributed by atoms with van der Waals surface area (Å²) in [6, 6.07) is 14.5. The van der Waals surface area contributed by atoms with Crippen molar-refractivity contribution in [2.45, 2.75) is 13.0 Å². The number of Topliss-reactive ketones (excluding diaryl/α,β-unsaturated/α-hetero) is 1. The van der Waals surface area contributed by atoms with Gasteiger partial charge in [0.2, 0.25) is 0 Å². The Labute approximate surface area is 200 Å². The number of hydrogen-bond acceptors (Lipinski definition) is 5. The minimum absolute atomic E-state index is 0.0362. The molecule has 1 amide bonds. The van der Waals surface area contributed by atoms with E-state index in [1.807, 2.05) is 19.1 Å². The maximum absolute atomic E-state index is 14.1. The molecule has 1 heterocycles. The maximum atomic E-state index is 14.1. The van der Waals surface area contributed by atoms with E-state index in [2.05, 4.69) is 0 Å². The van der Waals surface area contributed by atoms with Crippen LogP contribution in [0.2, 0.25) is 5.02 Å². The molecule has 0 aromatic heterocycles. The molecule has 6 nitrogen and oxygen atoms in total. The third-order valence-corrected chi connectivity index (χ3v) is 5.93. The van der Waals surface area contributed by atoms with Gasteiger partial charge in [-0.25, -0.2) is 4.39 Å². The van der Waals surface area contributed by atoms with Gasteiger partial charge in [-0.1, -0.05) is 41.4 Å². The first kappa shape index (κ1) is 23.3. The highest BCUT2D eigenvalue weighted by atomic mass is 35.5. The minimum Gasteiger partial charge on any atom is -0.507 e. The minimum atomic E-state index is -0.989. The molecular weight excluding hydrogens is 461 g/mol. The molecular formula is C26H21ClFNO5. The summed E-state index contributed by atoms with van der Waals surface area (Å²) in [6.07, 6.45) is 0. The van der Waals surface area contributed by atoms with Crippen molar-refractivity contribution in [2.75, 3.05) is 19.1 Å². The van der Waals surface area contributed by atoms with Gasteiger partial charge in [-0.3, -0.25) is 14.5 Å². The summed E-state index contributed by atoms with van der Waals surface area (Å²) in [6.45, 7) is 1.87. The number of aryl methyl sites for hydroxylation is 1. The van der Waals surface area contributed by atoms with Crippen LogP contribution in [0.3, 0.4) is 0 Å². The van der Waals surface area contributed by atoms with Gasteiger partial charge in [0.1, 0.15) is 23.1 Å². The number of methoxy groups -OCH3 is 2. The van der Waals surface area contributed by atoms with Crippen LogP contribution in [-0.2, 0) is 9.59 Å². The number of benzene rings is 3. The Morgan fingerprint density at radius 1 is 1.00 bits per heavy atom. The smallest absolute Gasteiger partial charge is 0.300 e.